The Labute approximate surface area is 112 Å². The van der Waals surface area contributed by atoms with Gasteiger partial charge in [-0.1, -0.05) is 0 Å². The van der Waals surface area contributed by atoms with Crippen LogP contribution in [0.15, 0.2) is 11.4 Å². The zero-order chi connectivity index (χ0) is 13.4. The molecule has 0 bridgehead atoms. The summed E-state index contributed by atoms with van der Waals surface area (Å²) in [6, 6.07) is 1.84. The topological polar surface area (TPSA) is 67.6 Å². The number of thiophene rings is 1. The van der Waals surface area contributed by atoms with E-state index in [9.17, 15) is 4.79 Å². The van der Waals surface area contributed by atoms with Gasteiger partial charge in [0, 0.05) is 43.5 Å². The molecule has 6 heteroatoms. The number of nitrogens with one attached hydrogen (secondary N) is 1. The van der Waals surface area contributed by atoms with Gasteiger partial charge in [-0.05, 0) is 13.1 Å². The number of carbonyl (C=O) groups is 1. The van der Waals surface area contributed by atoms with Crippen LogP contribution in [0.1, 0.15) is 15.2 Å². The van der Waals surface area contributed by atoms with Crippen molar-refractivity contribution in [3.05, 3.63) is 21.9 Å². The normalized spacial score (nSPS) is 11.1. The molecule has 0 saturated heterocycles. The number of ether oxygens (including phenoxy) is 1. The number of nitrogens with two attached hydrogens (primary N) is 1. The monoisotopic (exact) mass is 271 g/mol. The highest BCUT2D eigenvalue weighted by Gasteiger charge is 2.04. The molecule has 0 aliphatic carbocycles. The third-order valence-corrected chi connectivity index (χ3v) is 3.52. The van der Waals surface area contributed by atoms with Crippen LogP contribution in [0, 0.1) is 0 Å². The first-order chi connectivity index (χ1) is 8.63. The van der Waals surface area contributed by atoms with Crippen molar-refractivity contribution in [2.45, 2.75) is 6.54 Å². The van der Waals surface area contributed by atoms with E-state index in [1.165, 1.54) is 0 Å². The van der Waals surface area contributed by atoms with Crippen LogP contribution in [-0.2, 0) is 11.3 Å². The molecule has 1 aromatic rings. The van der Waals surface area contributed by atoms with Crippen LogP contribution in [0.3, 0.4) is 0 Å². The first-order valence-electron chi connectivity index (χ1n) is 5.89. The van der Waals surface area contributed by atoms with Crippen LogP contribution < -0.4 is 11.1 Å². The Morgan fingerprint density at radius 3 is 2.94 bits per heavy atom. The Kier molecular flexibility index (Phi) is 6.89. The van der Waals surface area contributed by atoms with Gasteiger partial charge < -0.3 is 20.7 Å². The minimum Gasteiger partial charge on any atom is -0.383 e. The van der Waals surface area contributed by atoms with E-state index < -0.39 is 0 Å². The molecule has 0 radical (unpaired) electrons. The second-order valence-electron chi connectivity index (χ2n) is 4.14. The van der Waals surface area contributed by atoms with E-state index in [-0.39, 0.29) is 5.91 Å². The molecule has 1 rings (SSSR count). The summed E-state index contributed by atoms with van der Waals surface area (Å²) in [4.78, 5) is 14.3. The summed E-state index contributed by atoms with van der Waals surface area (Å²) in [5.41, 5.74) is 5.79. The molecule has 0 aliphatic rings. The highest BCUT2D eigenvalue weighted by Crippen LogP contribution is 2.13. The van der Waals surface area contributed by atoms with Crippen molar-refractivity contribution < 1.29 is 9.53 Å². The van der Waals surface area contributed by atoms with Crippen LogP contribution in [0.2, 0.25) is 0 Å². The lowest BCUT2D eigenvalue weighted by atomic mass is 10.3. The second-order valence-corrected chi connectivity index (χ2v) is 5.13. The van der Waals surface area contributed by atoms with E-state index >= 15 is 0 Å². The van der Waals surface area contributed by atoms with Crippen LogP contribution >= 0.6 is 11.3 Å². The molecule has 1 heterocycles. The van der Waals surface area contributed by atoms with Crippen LogP contribution in [0.25, 0.3) is 0 Å². The van der Waals surface area contributed by atoms with Gasteiger partial charge in [0.1, 0.15) is 0 Å². The fourth-order valence-electron chi connectivity index (χ4n) is 1.44. The number of hydrogen-bond donors (Lipinski definition) is 2. The largest absolute Gasteiger partial charge is 0.383 e. The SMILES string of the molecule is COCCN(C)CCNCc1cc(C(N)=O)cs1. The van der Waals surface area contributed by atoms with Crippen LogP contribution in [0.5, 0.6) is 0 Å². The molecule has 18 heavy (non-hydrogen) atoms. The average molecular weight is 271 g/mol. The number of carbonyl (C=O) groups excluding carboxylic acids is 1. The predicted molar refractivity (Wildman–Crippen MR) is 73.9 cm³/mol. The van der Waals surface area contributed by atoms with Gasteiger partial charge in [0.2, 0.25) is 5.91 Å². The van der Waals surface area contributed by atoms with Gasteiger partial charge in [-0.2, -0.15) is 0 Å². The number of primary amides is 1. The highest BCUT2D eigenvalue weighted by molar-refractivity contribution is 7.10. The number of nitrogens with zero attached hydrogens (tertiary/aromatic N) is 1. The number of amides is 1. The van der Waals surface area contributed by atoms with Gasteiger partial charge in [0.25, 0.3) is 0 Å². The van der Waals surface area contributed by atoms with Crippen molar-refractivity contribution in [1.29, 1.82) is 0 Å². The lowest BCUT2D eigenvalue weighted by Gasteiger charge is -2.15. The van der Waals surface area contributed by atoms with Gasteiger partial charge in [0.05, 0.1) is 12.2 Å². The minimum atomic E-state index is -0.364. The van der Waals surface area contributed by atoms with Gasteiger partial charge in [-0.3, -0.25) is 4.79 Å². The van der Waals surface area contributed by atoms with Crippen molar-refractivity contribution >= 4 is 17.2 Å². The molecule has 0 aromatic carbocycles. The molecule has 0 saturated carbocycles. The van der Waals surface area contributed by atoms with Crippen molar-refractivity contribution in [3.8, 4) is 0 Å². The van der Waals surface area contributed by atoms with E-state index in [1.54, 1.807) is 23.8 Å². The average Bonchev–Trinajstić information content (AvgIpc) is 2.81. The fourth-order valence-corrected chi connectivity index (χ4v) is 2.29. The van der Waals surface area contributed by atoms with E-state index in [1.807, 2.05) is 6.07 Å². The lowest BCUT2D eigenvalue weighted by molar-refractivity contribution is 0.100. The molecule has 0 spiro atoms. The third-order valence-electron chi connectivity index (χ3n) is 2.58. The molecule has 0 fully saturated rings. The molecule has 0 atom stereocenters. The maximum Gasteiger partial charge on any atom is 0.249 e. The quantitative estimate of drug-likeness (QED) is 0.642. The maximum absolute atomic E-state index is 10.9. The van der Waals surface area contributed by atoms with E-state index in [0.717, 1.165) is 37.7 Å². The Hall–Kier alpha value is -0.950. The maximum atomic E-state index is 10.9. The summed E-state index contributed by atoms with van der Waals surface area (Å²) in [5, 5.41) is 5.13. The van der Waals surface area contributed by atoms with Crippen LogP contribution in [0.4, 0.5) is 0 Å². The Morgan fingerprint density at radius 2 is 2.33 bits per heavy atom. The minimum absolute atomic E-state index is 0.364. The van der Waals surface area contributed by atoms with Gasteiger partial charge in [0.15, 0.2) is 0 Å². The molecular weight excluding hydrogens is 250 g/mol. The summed E-state index contributed by atoms with van der Waals surface area (Å²) in [6.07, 6.45) is 0. The van der Waals surface area contributed by atoms with Crippen molar-refractivity contribution in [1.82, 2.24) is 10.2 Å². The van der Waals surface area contributed by atoms with Crippen LogP contribution in [-0.4, -0.2) is 51.2 Å². The lowest BCUT2D eigenvalue weighted by Crippen LogP contribution is -2.31. The smallest absolute Gasteiger partial charge is 0.249 e. The van der Waals surface area contributed by atoms with Crippen molar-refractivity contribution in [2.24, 2.45) is 5.73 Å². The number of hydrogen-bond acceptors (Lipinski definition) is 5. The zero-order valence-electron chi connectivity index (χ0n) is 10.9. The molecule has 5 nitrogen and oxygen atoms in total. The number of methoxy groups -OCH3 is 1. The standard InChI is InChI=1S/C12H21N3O2S/c1-15(5-6-17-2)4-3-14-8-11-7-10(9-18-11)12(13)16/h7,9,14H,3-6,8H2,1-2H3,(H2,13,16). The van der Waals surface area contributed by atoms with Crippen molar-refractivity contribution in [3.63, 3.8) is 0 Å². The van der Waals surface area contributed by atoms with Crippen molar-refractivity contribution in [2.75, 3.05) is 40.4 Å². The van der Waals surface area contributed by atoms with Gasteiger partial charge >= 0.3 is 0 Å². The molecule has 0 unspecified atom stereocenters. The first-order valence-corrected chi connectivity index (χ1v) is 6.77. The first kappa shape index (κ1) is 15.1. The fraction of sp³-hybridized carbons (Fsp3) is 0.583. The summed E-state index contributed by atoms with van der Waals surface area (Å²) >= 11 is 1.55. The number of rotatable bonds is 9. The van der Waals surface area contributed by atoms with E-state index in [4.69, 9.17) is 10.5 Å². The Morgan fingerprint density at radius 1 is 1.56 bits per heavy atom. The Bertz CT molecular complexity index is 368. The molecule has 1 aromatic heterocycles. The van der Waals surface area contributed by atoms with E-state index in [0.29, 0.717) is 5.56 Å². The highest BCUT2D eigenvalue weighted by atomic mass is 32.1. The summed E-state index contributed by atoms with van der Waals surface area (Å²) in [5.74, 6) is -0.364. The molecule has 0 aliphatic heterocycles. The molecular formula is C12H21N3O2S. The molecule has 102 valence electrons. The summed E-state index contributed by atoms with van der Waals surface area (Å²) in [7, 11) is 3.77. The van der Waals surface area contributed by atoms with Gasteiger partial charge in [-0.25, -0.2) is 0 Å². The molecule has 3 N–H and O–H groups in total. The molecule has 1 amide bonds. The zero-order valence-corrected chi connectivity index (χ0v) is 11.8. The van der Waals surface area contributed by atoms with Gasteiger partial charge in [-0.15, -0.1) is 11.3 Å². The Balaban J connectivity index is 2.15. The predicted octanol–water partition coefficient (Wildman–Crippen LogP) is 0.515. The third kappa shape index (κ3) is 5.59. The summed E-state index contributed by atoms with van der Waals surface area (Å²) < 4.78 is 5.01. The van der Waals surface area contributed by atoms with E-state index in [2.05, 4.69) is 17.3 Å². The number of likely N-dealkylation sites (N-methyl/N-ethyl adjacent to an activating group) is 1. The second kappa shape index (κ2) is 8.20. The summed E-state index contributed by atoms with van der Waals surface area (Å²) in [6.45, 7) is 4.34.